The summed E-state index contributed by atoms with van der Waals surface area (Å²) >= 11 is 1.66. The highest BCUT2D eigenvalue weighted by molar-refractivity contribution is 14.1. The maximum atomic E-state index is 12.1. The van der Waals surface area contributed by atoms with Crippen LogP contribution in [0.25, 0.3) is 0 Å². The molecule has 17 heavy (non-hydrogen) atoms. The van der Waals surface area contributed by atoms with E-state index in [-0.39, 0.29) is 16.5 Å². The van der Waals surface area contributed by atoms with Crippen molar-refractivity contribution in [1.82, 2.24) is 4.98 Å². The van der Waals surface area contributed by atoms with Crippen LogP contribution in [0.5, 0.6) is 5.88 Å². The van der Waals surface area contributed by atoms with Crippen molar-refractivity contribution in [2.45, 2.75) is 19.3 Å². The molecule has 1 aromatic heterocycles. The second-order valence-electron chi connectivity index (χ2n) is 2.97. The zero-order valence-corrected chi connectivity index (χ0v) is 10.5. The fraction of sp³-hybridized carbons (Fsp3) is 0.333. The second-order valence-corrected chi connectivity index (χ2v) is 4.05. The average Bonchev–Trinajstić information content (AvgIpc) is 2.23. The molecule has 0 aromatic carbocycles. The Morgan fingerprint density at radius 2 is 2.18 bits per heavy atom. The summed E-state index contributed by atoms with van der Waals surface area (Å²) in [7, 11) is 0. The van der Waals surface area contributed by atoms with Crippen LogP contribution >= 0.6 is 22.6 Å². The van der Waals surface area contributed by atoms with Gasteiger partial charge in [-0.05, 0) is 33.7 Å². The fourth-order valence-corrected chi connectivity index (χ4v) is 1.95. The number of halogens is 4. The number of ether oxygens (including phenoxy) is 1. The molecule has 92 valence electrons. The van der Waals surface area contributed by atoms with E-state index in [0.29, 0.717) is 11.1 Å². The number of nitrogens with zero attached hydrogens (tertiary/aromatic N) is 2. The minimum Gasteiger partial charge on any atom is -0.387 e. The van der Waals surface area contributed by atoms with Crippen LogP contribution in [0.2, 0.25) is 0 Å². The van der Waals surface area contributed by atoms with E-state index >= 15 is 0 Å². The van der Waals surface area contributed by atoms with E-state index in [2.05, 4.69) is 9.72 Å². The lowest BCUT2D eigenvalue weighted by molar-refractivity contribution is -0.276. The molecule has 0 amide bonds. The van der Waals surface area contributed by atoms with Crippen molar-refractivity contribution in [2.24, 2.45) is 5.73 Å². The highest BCUT2D eigenvalue weighted by atomic mass is 127. The molecular formula is C9H7F3IN3O. The van der Waals surface area contributed by atoms with Crippen molar-refractivity contribution in [3.63, 3.8) is 0 Å². The first-order valence-electron chi connectivity index (χ1n) is 4.38. The number of rotatable bonds is 3. The summed E-state index contributed by atoms with van der Waals surface area (Å²) in [6.45, 7) is 0.103. The fourth-order valence-electron chi connectivity index (χ4n) is 1.17. The van der Waals surface area contributed by atoms with Crippen molar-refractivity contribution >= 4 is 22.6 Å². The topological polar surface area (TPSA) is 71.9 Å². The Kier molecular flexibility index (Phi) is 4.53. The van der Waals surface area contributed by atoms with E-state index < -0.39 is 12.2 Å². The third-order valence-corrected chi connectivity index (χ3v) is 2.98. The number of aromatic nitrogens is 1. The van der Waals surface area contributed by atoms with Gasteiger partial charge < -0.3 is 10.5 Å². The van der Waals surface area contributed by atoms with Crippen molar-refractivity contribution in [3.8, 4) is 11.9 Å². The summed E-state index contributed by atoms with van der Waals surface area (Å²) in [5.41, 5.74) is 6.37. The van der Waals surface area contributed by atoms with Crippen LogP contribution in [0.15, 0.2) is 6.20 Å². The summed E-state index contributed by atoms with van der Waals surface area (Å²) < 4.78 is 40.1. The molecular weight excluding hydrogens is 350 g/mol. The monoisotopic (exact) mass is 357 g/mol. The summed E-state index contributed by atoms with van der Waals surface area (Å²) in [4.78, 5) is 3.54. The molecule has 0 radical (unpaired) electrons. The lowest BCUT2D eigenvalue weighted by Gasteiger charge is -2.13. The van der Waals surface area contributed by atoms with Gasteiger partial charge in [0.1, 0.15) is 0 Å². The molecule has 0 saturated carbocycles. The van der Waals surface area contributed by atoms with Crippen molar-refractivity contribution in [1.29, 1.82) is 5.26 Å². The third kappa shape index (κ3) is 3.71. The first-order chi connectivity index (χ1) is 7.89. The predicted molar refractivity (Wildman–Crippen MR) is 60.8 cm³/mol. The van der Waals surface area contributed by atoms with Crippen molar-refractivity contribution in [3.05, 3.63) is 20.9 Å². The van der Waals surface area contributed by atoms with Crippen molar-refractivity contribution in [2.75, 3.05) is 0 Å². The van der Waals surface area contributed by atoms with Gasteiger partial charge in [-0.3, -0.25) is 0 Å². The van der Waals surface area contributed by atoms with E-state index in [1.807, 2.05) is 6.07 Å². The van der Waals surface area contributed by atoms with E-state index in [9.17, 15) is 13.2 Å². The maximum Gasteiger partial charge on any atom is 0.574 e. The second kappa shape index (κ2) is 5.50. The normalized spacial score (nSPS) is 11.1. The van der Waals surface area contributed by atoms with Gasteiger partial charge in [-0.25, -0.2) is 4.98 Å². The number of nitriles is 1. The summed E-state index contributed by atoms with van der Waals surface area (Å²) in [5.74, 6) is -0.555. The molecule has 2 N–H and O–H groups in total. The number of hydrogen-bond acceptors (Lipinski definition) is 4. The Bertz CT molecular complexity index is 456. The molecule has 1 rings (SSSR count). The SMILES string of the molecule is N#CCc1c(CN)cnc(OC(F)(F)F)c1I. The molecule has 0 aliphatic carbocycles. The number of nitrogens with two attached hydrogens (primary N) is 1. The van der Waals surface area contributed by atoms with Crippen LogP contribution < -0.4 is 10.5 Å². The minimum atomic E-state index is -4.80. The molecule has 0 atom stereocenters. The highest BCUT2D eigenvalue weighted by Gasteiger charge is 2.33. The first-order valence-corrected chi connectivity index (χ1v) is 5.46. The van der Waals surface area contributed by atoms with E-state index in [1.54, 1.807) is 22.6 Å². The zero-order chi connectivity index (χ0) is 13.1. The van der Waals surface area contributed by atoms with Gasteiger partial charge in [-0.2, -0.15) is 5.26 Å². The Morgan fingerprint density at radius 1 is 1.53 bits per heavy atom. The predicted octanol–water partition coefficient (Wildman–Crippen LogP) is 2.11. The van der Waals surface area contributed by atoms with E-state index in [1.165, 1.54) is 6.20 Å². The number of hydrogen-bond donors (Lipinski definition) is 1. The molecule has 0 aliphatic heterocycles. The van der Waals surface area contributed by atoms with Crippen LogP contribution in [-0.2, 0) is 13.0 Å². The zero-order valence-electron chi connectivity index (χ0n) is 8.38. The maximum absolute atomic E-state index is 12.1. The summed E-state index contributed by atoms with van der Waals surface area (Å²) in [6, 6.07) is 1.86. The Hall–Kier alpha value is -1.08. The van der Waals surface area contributed by atoms with Crippen molar-refractivity contribution < 1.29 is 17.9 Å². The van der Waals surface area contributed by atoms with Gasteiger partial charge in [0.05, 0.1) is 16.1 Å². The van der Waals surface area contributed by atoms with Gasteiger partial charge in [0, 0.05) is 12.7 Å². The lowest BCUT2D eigenvalue weighted by atomic mass is 10.1. The van der Waals surface area contributed by atoms with Crippen LogP contribution in [-0.4, -0.2) is 11.3 Å². The van der Waals surface area contributed by atoms with Crippen LogP contribution in [0.3, 0.4) is 0 Å². The molecule has 0 spiro atoms. The largest absolute Gasteiger partial charge is 0.574 e. The van der Waals surface area contributed by atoms with Gasteiger partial charge in [0.2, 0.25) is 5.88 Å². The first kappa shape index (κ1) is 14.0. The molecule has 0 saturated heterocycles. The minimum absolute atomic E-state index is 0.0401. The quantitative estimate of drug-likeness (QED) is 0.842. The van der Waals surface area contributed by atoms with Gasteiger partial charge >= 0.3 is 6.36 Å². The third-order valence-electron chi connectivity index (χ3n) is 1.87. The highest BCUT2D eigenvalue weighted by Crippen LogP contribution is 2.29. The smallest absolute Gasteiger partial charge is 0.387 e. The molecule has 0 unspecified atom stereocenters. The molecule has 8 heteroatoms. The van der Waals surface area contributed by atoms with E-state index in [4.69, 9.17) is 11.0 Å². The van der Waals surface area contributed by atoms with Gasteiger partial charge in [-0.1, -0.05) is 0 Å². The molecule has 0 fully saturated rings. The molecule has 1 aromatic rings. The Labute approximate surface area is 109 Å². The lowest BCUT2D eigenvalue weighted by Crippen LogP contribution is -2.19. The van der Waals surface area contributed by atoms with Crippen LogP contribution in [0.4, 0.5) is 13.2 Å². The number of alkyl halides is 3. The molecule has 0 bridgehead atoms. The van der Waals surface area contributed by atoms with Crippen LogP contribution in [0.1, 0.15) is 11.1 Å². The van der Waals surface area contributed by atoms with Gasteiger partial charge in [-0.15, -0.1) is 13.2 Å². The van der Waals surface area contributed by atoms with E-state index in [0.717, 1.165) is 0 Å². The summed E-state index contributed by atoms with van der Waals surface area (Å²) in [5, 5.41) is 8.61. The van der Waals surface area contributed by atoms with Gasteiger partial charge in [0.15, 0.2) is 0 Å². The molecule has 4 nitrogen and oxygen atoms in total. The van der Waals surface area contributed by atoms with Crippen LogP contribution in [0, 0.1) is 14.9 Å². The average molecular weight is 357 g/mol. The number of pyridine rings is 1. The standard InChI is InChI=1S/C9H7F3IN3O/c10-9(11,12)17-8-7(13)6(1-2-14)5(3-15)4-16-8/h4H,1,3,15H2. The molecule has 1 heterocycles. The molecule has 0 aliphatic rings. The summed E-state index contributed by atoms with van der Waals surface area (Å²) in [6.07, 6.45) is -3.65. The Balaban J connectivity index is 3.19. The Morgan fingerprint density at radius 3 is 2.65 bits per heavy atom. The van der Waals surface area contributed by atoms with Gasteiger partial charge in [0.25, 0.3) is 0 Å².